The third-order valence-corrected chi connectivity index (χ3v) is 6.70. The Morgan fingerprint density at radius 2 is 1.88 bits per heavy atom. The van der Waals surface area contributed by atoms with Crippen molar-refractivity contribution in [2.24, 2.45) is 0 Å². The summed E-state index contributed by atoms with van der Waals surface area (Å²) in [4.78, 5) is 19.3. The summed E-state index contributed by atoms with van der Waals surface area (Å²) in [6.07, 6.45) is 7.81. The molecule has 0 atom stereocenters. The number of hydrogen-bond donors (Lipinski definition) is 1. The van der Waals surface area contributed by atoms with Gasteiger partial charge in [-0.15, -0.1) is 11.3 Å². The highest BCUT2D eigenvalue weighted by Crippen LogP contribution is 2.29. The molecule has 32 heavy (non-hydrogen) atoms. The van der Waals surface area contributed by atoms with Gasteiger partial charge in [-0.1, -0.05) is 18.2 Å². The number of pyridine rings is 2. The molecule has 0 unspecified atom stereocenters. The standard InChI is InChI=1S/C25H26N6S/c1-3-22(18-6-7-27-25(14-18)31-10-8-30(2)9-11-31)29-24-13-21-12-19(23-16-26-17-32-23)4-5-20(21)15-28-24/h3-7,12-17H,8-11H2,1-2H3,(H,28,29)/b22-3-. The molecule has 1 N–H and O–H groups in total. The lowest BCUT2D eigenvalue weighted by Crippen LogP contribution is -2.44. The number of hydrogen-bond acceptors (Lipinski definition) is 7. The van der Waals surface area contributed by atoms with E-state index in [4.69, 9.17) is 0 Å². The smallest absolute Gasteiger partial charge is 0.130 e. The maximum Gasteiger partial charge on any atom is 0.130 e. The van der Waals surface area contributed by atoms with Crippen LogP contribution in [0.5, 0.6) is 0 Å². The number of benzene rings is 1. The number of thiazole rings is 1. The molecule has 0 aliphatic carbocycles. The van der Waals surface area contributed by atoms with Crippen LogP contribution in [-0.4, -0.2) is 53.1 Å². The van der Waals surface area contributed by atoms with E-state index in [1.54, 1.807) is 11.3 Å². The summed E-state index contributed by atoms with van der Waals surface area (Å²) in [6.45, 7) is 6.16. The largest absolute Gasteiger partial charge is 0.354 e. The summed E-state index contributed by atoms with van der Waals surface area (Å²) in [5.74, 6) is 1.85. The number of allylic oxidation sites excluding steroid dienone is 1. The normalized spacial score (nSPS) is 15.3. The van der Waals surface area contributed by atoms with Gasteiger partial charge in [0.05, 0.1) is 10.4 Å². The second-order valence-electron chi connectivity index (χ2n) is 8.02. The van der Waals surface area contributed by atoms with Crippen LogP contribution in [0.2, 0.25) is 0 Å². The molecule has 0 saturated carbocycles. The molecule has 0 amide bonds. The zero-order chi connectivity index (χ0) is 21.9. The third kappa shape index (κ3) is 4.35. The summed E-state index contributed by atoms with van der Waals surface area (Å²) >= 11 is 1.65. The number of anilines is 2. The van der Waals surface area contributed by atoms with Crippen LogP contribution in [0.3, 0.4) is 0 Å². The monoisotopic (exact) mass is 442 g/mol. The predicted octanol–water partition coefficient (Wildman–Crippen LogP) is 4.98. The van der Waals surface area contributed by atoms with Crippen LogP contribution in [0.1, 0.15) is 12.5 Å². The molecule has 1 fully saturated rings. The van der Waals surface area contributed by atoms with Crippen molar-refractivity contribution in [3.63, 3.8) is 0 Å². The summed E-state index contributed by atoms with van der Waals surface area (Å²) in [6, 6.07) is 12.7. The Bertz CT molecular complexity index is 1240. The molecule has 1 aliphatic rings. The Labute approximate surface area is 192 Å². The SMILES string of the molecule is C/C=C(\Nc1cc2cc(-c3cncs3)ccc2cn1)c1ccnc(N2CCN(C)CC2)c1. The fourth-order valence-electron chi connectivity index (χ4n) is 3.96. The number of piperazine rings is 1. The lowest BCUT2D eigenvalue weighted by atomic mass is 10.1. The van der Waals surface area contributed by atoms with E-state index < -0.39 is 0 Å². The van der Waals surface area contributed by atoms with Gasteiger partial charge in [-0.25, -0.2) is 9.97 Å². The van der Waals surface area contributed by atoms with Gasteiger partial charge in [-0.2, -0.15) is 0 Å². The lowest BCUT2D eigenvalue weighted by Gasteiger charge is -2.33. The minimum Gasteiger partial charge on any atom is -0.354 e. The fourth-order valence-corrected chi connectivity index (χ4v) is 4.58. The number of nitrogens with one attached hydrogen (secondary N) is 1. The molecule has 7 heteroatoms. The van der Waals surface area contributed by atoms with Crippen LogP contribution in [0.25, 0.3) is 26.9 Å². The highest BCUT2D eigenvalue weighted by atomic mass is 32.1. The Morgan fingerprint density at radius 3 is 2.66 bits per heavy atom. The summed E-state index contributed by atoms with van der Waals surface area (Å²) in [5.41, 5.74) is 5.17. The van der Waals surface area contributed by atoms with Gasteiger partial charge in [0, 0.05) is 61.4 Å². The van der Waals surface area contributed by atoms with E-state index >= 15 is 0 Å². The molecule has 0 radical (unpaired) electrons. The number of likely N-dealkylation sites (N-methyl/N-ethyl adjacent to an activating group) is 1. The van der Waals surface area contributed by atoms with Crippen LogP contribution >= 0.6 is 11.3 Å². The summed E-state index contributed by atoms with van der Waals surface area (Å²) < 4.78 is 0. The van der Waals surface area contributed by atoms with E-state index in [-0.39, 0.29) is 0 Å². The number of fused-ring (bicyclic) bond motifs is 1. The average Bonchev–Trinajstić information content (AvgIpc) is 3.38. The van der Waals surface area contributed by atoms with Gasteiger partial charge in [0.25, 0.3) is 0 Å². The van der Waals surface area contributed by atoms with Gasteiger partial charge in [0.1, 0.15) is 11.6 Å². The van der Waals surface area contributed by atoms with Crippen LogP contribution < -0.4 is 10.2 Å². The van der Waals surface area contributed by atoms with Crippen LogP contribution in [0.15, 0.2) is 66.6 Å². The molecule has 0 spiro atoms. The topological polar surface area (TPSA) is 57.2 Å². The molecule has 162 valence electrons. The van der Waals surface area contributed by atoms with E-state index in [9.17, 15) is 0 Å². The molecule has 1 aliphatic heterocycles. The predicted molar refractivity (Wildman–Crippen MR) is 134 cm³/mol. The van der Waals surface area contributed by atoms with E-state index in [0.717, 1.165) is 59.8 Å². The molecule has 1 saturated heterocycles. The highest BCUT2D eigenvalue weighted by molar-refractivity contribution is 7.13. The van der Waals surface area contributed by atoms with Crippen molar-refractivity contribution in [1.29, 1.82) is 0 Å². The summed E-state index contributed by atoms with van der Waals surface area (Å²) in [7, 11) is 2.17. The van der Waals surface area contributed by atoms with Crippen LogP contribution in [0.4, 0.5) is 11.6 Å². The molecule has 3 aromatic heterocycles. The molecule has 0 bridgehead atoms. The first-order valence-electron chi connectivity index (χ1n) is 10.8. The maximum atomic E-state index is 4.64. The highest BCUT2D eigenvalue weighted by Gasteiger charge is 2.16. The van der Waals surface area contributed by atoms with Gasteiger partial charge < -0.3 is 15.1 Å². The maximum absolute atomic E-state index is 4.64. The van der Waals surface area contributed by atoms with E-state index in [2.05, 4.69) is 73.5 Å². The van der Waals surface area contributed by atoms with Crippen molar-refractivity contribution in [3.05, 3.63) is 72.1 Å². The quantitative estimate of drug-likeness (QED) is 0.471. The molecule has 1 aromatic carbocycles. The average molecular weight is 443 g/mol. The minimum atomic E-state index is 0.824. The zero-order valence-electron chi connectivity index (χ0n) is 18.3. The van der Waals surface area contributed by atoms with Crippen molar-refractivity contribution in [1.82, 2.24) is 19.9 Å². The number of aromatic nitrogens is 3. The Hall–Kier alpha value is -3.29. The van der Waals surface area contributed by atoms with Gasteiger partial charge in [0.2, 0.25) is 0 Å². The van der Waals surface area contributed by atoms with Crippen LogP contribution in [0, 0.1) is 0 Å². The third-order valence-electron chi connectivity index (χ3n) is 5.87. The number of rotatable bonds is 5. The first-order chi connectivity index (χ1) is 15.7. The summed E-state index contributed by atoms with van der Waals surface area (Å²) in [5, 5.41) is 5.78. The fraction of sp³-hybridized carbons (Fsp3) is 0.240. The molecule has 4 aromatic rings. The lowest BCUT2D eigenvalue weighted by molar-refractivity contribution is 0.312. The minimum absolute atomic E-state index is 0.824. The van der Waals surface area contributed by atoms with E-state index in [0.29, 0.717) is 0 Å². The van der Waals surface area contributed by atoms with Crippen molar-refractivity contribution in [2.45, 2.75) is 6.92 Å². The second-order valence-corrected chi connectivity index (χ2v) is 8.90. The second kappa shape index (κ2) is 9.06. The van der Waals surface area contributed by atoms with Crippen molar-refractivity contribution in [3.8, 4) is 10.4 Å². The first kappa shape index (κ1) is 20.6. The van der Waals surface area contributed by atoms with Gasteiger partial charge in [0.15, 0.2) is 0 Å². The van der Waals surface area contributed by atoms with Gasteiger partial charge in [-0.3, -0.25) is 4.98 Å². The molecular weight excluding hydrogens is 416 g/mol. The molecular formula is C25H26N6S. The molecule has 6 nitrogen and oxygen atoms in total. The van der Waals surface area contributed by atoms with Gasteiger partial charge >= 0.3 is 0 Å². The van der Waals surface area contributed by atoms with E-state index in [1.807, 2.05) is 37.1 Å². The Balaban J connectivity index is 1.39. The molecule has 5 rings (SSSR count). The zero-order valence-corrected chi connectivity index (χ0v) is 19.1. The van der Waals surface area contributed by atoms with Gasteiger partial charge in [-0.05, 0) is 49.2 Å². The Kier molecular flexibility index (Phi) is 5.83. The van der Waals surface area contributed by atoms with Crippen molar-refractivity contribution < 1.29 is 0 Å². The number of nitrogens with zero attached hydrogens (tertiary/aromatic N) is 5. The van der Waals surface area contributed by atoms with Crippen molar-refractivity contribution >= 4 is 39.4 Å². The van der Waals surface area contributed by atoms with Crippen LogP contribution in [-0.2, 0) is 0 Å². The first-order valence-corrected chi connectivity index (χ1v) is 11.7. The van der Waals surface area contributed by atoms with E-state index in [1.165, 1.54) is 10.4 Å². The Morgan fingerprint density at radius 1 is 1.00 bits per heavy atom. The molecule has 4 heterocycles. The van der Waals surface area contributed by atoms with Crippen molar-refractivity contribution in [2.75, 3.05) is 43.4 Å².